The average Bonchev–Trinajstić information content (AvgIpc) is 3.35. The van der Waals surface area contributed by atoms with Crippen LogP contribution in [0.2, 0.25) is 0 Å². The molecule has 0 aliphatic rings. The molecule has 2 heterocycles. The van der Waals surface area contributed by atoms with Crippen molar-refractivity contribution in [1.29, 1.82) is 0 Å². The molecule has 2 aromatic heterocycles. The number of hydrogen-bond acceptors (Lipinski definition) is 2. The molecule has 2 aromatic carbocycles. The molecule has 0 spiro atoms. The highest BCUT2D eigenvalue weighted by atomic mass is 15.3. The molecule has 24 heavy (non-hydrogen) atoms. The Bertz CT molecular complexity index is 887. The highest BCUT2D eigenvalue weighted by Gasteiger charge is 2.06. The molecular formula is C20H16N4. The zero-order valence-electron chi connectivity index (χ0n) is 13.1. The first-order valence-electron chi connectivity index (χ1n) is 7.71. The summed E-state index contributed by atoms with van der Waals surface area (Å²) in [6.07, 6.45) is 7.41. The van der Waals surface area contributed by atoms with Gasteiger partial charge in [-0.1, -0.05) is 30.8 Å². The van der Waals surface area contributed by atoms with Gasteiger partial charge in [-0.15, -0.1) is 0 Å². The molecule has 0 saturated heterocycles. The van der Waals surface area contributed by atoms with E-state index in [0.717, 1.165) is 28.1 Å². The van der Waals surface area contributed by atoms with Crippen molar-refractivity contribution in [2.24, 2.45) is 0 Å². The van der Waals surface area contributed by atoms with Crippen LogP contribution < -0.4 is 0 Å². The Labute approximate surface area is 140 Å². The van der Waals surface area contributed by atoms with E-state index in [9.17, 15) is 0 Å². The summed E-state index contributed by atoms with van der Waals surface area (Å²) in [6.45, 7) is 4.28. The largest absolute Gasteiger partial charge is 0.241 e. The van der Waals surface area contributed by atoms with E-state index in [1.165, 1.54) is 0 Å². The van der Waals surface area contributed by atoms with E-state index in [1.807, 2.05) is 58.2 Å². The molecule has 0 amide bonds. The second-order valence-corrected chi connectivity index (χ2v) is 5.48. The maximum atomic E-state index is 4.28. The lowest BCUT2D eigenvalue weighted by molar-refractivity contribution is 0.879. The van der Waals surface area contributed by atoms with Crippen molar-refractivity contribution in [3.8, 4) is 11.4 Å². The topological polar surface area (TPSA) is 35.6 Å². The third kappa shape index (κ3) is 2.65. The first-order chi connectivity index (χ1) is 11.8. The quantitative estimate of drug-likeness (QED) is 0.568. The summed E-state index contributed by atoms with van der Waals surface area (Å²) in [6, 6.07) is 20.2. The van der Waals surface area contributed by atoms with Gasteiger partial charge in [0.25, 0.3) is 0 Å². The molecule has 0 aliphatic heterocycles. The van der Waals surface area contributed by atoms with E-state index in [0.29, 0.717) is 0 Å². The van der Waals surface area contributed by atoms with Crippen LogP contribution in [0, 0.1) is 0 Å². The van der Waals surface area contributed by atoms with Crippen molar-refractivity contribution in [2.45, 2.75) is 0 Å². The summed E-state index contributed by atoms with van der Waals surface area (Å²) in [7, 11) is 0. The fourth-order valence-electron chi connectivity index (χ4n) is 2.68. The van der Waals surface area contributed by atoms with Crippen molar-refractivity contribution in [3.63, 3.8) is 0 Å². The van der Waals surface area contributed by atoms with E-state index in [-0.39, 0.29) is 0 Å². The van der Waals surface area contributed by atoms with Gasteiger partial charge in [0.2, 0.25) is 0 Å². The third-order valence-electron chi connectivity index (χ3n) is 3.93. The Balaban J connectivity index is 1.69. The minimum atomic E-state index is 0.970. The number of aromatic nitrogens is 4. The van der Waals surface area contributed by atoms with Gasteiger partial charge in [0.05, 0.1) is 11.4 Å². The smallest absolute Gasteiger partial charge is 0.0651 e. The summed E-state index contributed by atoms with van der Waals surface area (Å²) >= 11 is 0. The average molecular weight is 312 g/mol. The van der Waals surface area contributed by atoms with Gasteiger partial charge in [-0.3, -0.25) is 0 Å². The molecule has 116 valence electrons. The van der Waals surface area contributed by atoms with Gasteiger partial charge in [0.1, 0.15) is 0 Å². The number of rotatable bonds is 4. The molecule has 0 aliphatic carbocycles. The lowest BCUT2D eigenvalue weighted by Gasteiger charge is -2.10. The van der Waals surface area contributed by atoms with Crippen LogP contribution in [0.4, 0.5) is 0 Å². The van der Waals surface area contributed by atoms with E-state index in [1.54, 1.807) is 12.4 Å². The summed E-state index contributed by atoms with van der Waals surface area (Å²) in [5, 5.41) is 8.57. The Morgan fingerprint density at radius 3 is 1.62 bits per heavy atom. The summed E-state index contributed by atoms with van der Waals surface area (Å²) < 4.78 is 3.69. The van der Waals surface area contributed by atoms with E-state index < -0.39 is 0 Å². The van der Waals surface area contributed by atoms with E-state index in [4.69, 9.17) is 0 Å². The Kier molecular flexibility index (Phi) is 3.56. The van der Waals surface area contributed by atoms with Crippen molar-refractivity contribution in [3.05, 3.63) is 103 Å². The van der Waals surface area contributed by atoms with Crippen molar-refractivity contribution < 1.29 is 0 Å². The van der Waals surface area contributed by atoms with Gasteiger partial charge in [0.15, 0.2) is 0 Å². The van der Waals surface area contributed by atoms with Crippen LogP contribution in [0.25, 0.3) is 16.9 Å². The molecule has 0 unspecified atom stereocenters. The van der Waals surface area contributed by atoms with Crippen LogP contribution in [0.5, 0.6) is 0 Å². The molecule has 0 atom stereocenters. The first kappa shape index (κ1) is 14.2. The predicted octanol–water partition coefficient (Wildman–Crippen LogP) is 4.12. The summed E-state index contributed by atoms with van der Waals surface area (Å²) in [4.78, 5) is 0. The molecule has 4 nitrogen and oxygen atoms in total. The van der Waals surface area contributed by atoms with Crippen molar-refractivity contribution in [1.82, 2.24) is 19.6 Å². The van der Waals surface area contributed by atoms with Crippen LogP contribution >= 0.6 is 0 Å². The molecule has 0 N–H and O–H groups in total. The maximum absolute atomic E-state index is 4.28. The Hall–Kier alpha value is -3.40. The molecule has 0 fully saturated rings. The number of hydrogen-bond donors (Lipinski definition) is 0. The highest BCUT2D eigenvalue weighted by molar-refractivity contribution is 5.79. The zero-order chi connectivity index (χ0) is 16.4. The van der Waals surface area contributed by atoms with Gasteiger partial charge >= 0.3 is 0 Å². The molecule has 0 bridgehead atoms. The van der Waals surface area contributed by atoms with Crippen LogP contribution in [-0.2, 0) is 0 Å². The third-order valence-corrected chi connectivity index (χ3v) is 3.93. The van der Waals surface area contributed by atoms with E-state index in [2.05, 4.69) is 41.0 Å². The summed E-state index contributed by atoms with van der Waals surface area (Å²) in [5.41, 5.74) is 5.14. The highest BCUT2D eigenvalue weighted by Crippen LogP contribution is 2.25. The first-order valence-corrected chi connectivity index (χ1v) is 7.71. The Morgan fingerprint density at radius 2 is 1.21 bits per heavy atom. The molecule has 4 heteroatoms. The Morgan fingerprint density at radius 1 is 0.708 bits per heavy atom. The van der Waals surface area contributed by atoms with Gasteiger partial charge < -0.3 is 0 Å². The standard InChI is InChI=1S/C20H16N4/c1-16(17-6-2-8-19(14-17)23-12-4-10-21-23)18-7-3-9-20(15-18)24-13-5-11-22-24/h2-15H,1H2. The number of nitrogens with zero attached hydrogens (tertiary/aromatic N) is 4. The molecule has 4 aromatic rings. The molecule has 0 saturated carbocycles. The maximum Gasteiger partial charge on any atom is 0.0651 e. The molecular weight excluding hydrogens is 296 g/mol. The normalized spacial score (nSPS) is 10.7. The molecule has 4 rings (SSSR count). The van der Waals surface area contributed by atoms with Gasteiger partial charge in [-0.2, -0.15) is 10.2 Å². The predicted molar refractivity (Wildman–Crippen MR) is 95.3 cm³/mol. The number of benzene rings is 2. The van der Waals surface area contributed by atoms with Gasteiger partial charge in [-0.05, 0) is 53.1 Å². The fourth-order valence-corrected chi connectivity index (χ4v) is 2.68. The monoisotopic (exact) mass is 312 g/mol. The minimum Gasteiger partial charge on any atom is -0.241 e. The van der Waals surface area contributed by atoms with Crippen LogP contribution in [0.3, 0.4) is 0 Å². The second kappa shape index (κ2) is 6.01. The van der Waals surface area contributed by atoms with Crippen LogP contribution in [-0.4, -0.2) is 19.6 Å². The fraction of sp³-hybridized carbons (Fsp3) is 0. The zero-order valence-corrected chi connectivity index (χ0v) is 13.1. The summed E-state index contributed by atoms with van der Waals surface area (Å²) in [5.74, 6) is 0. The second-order valence-electron chi connectivity index (χ2n) is 5.48. The van der Waals surface area contributed by atoms with Gasteiger partial charge in [-0.25, -0.2) is 9.36 Å². The van der Waals surface area contributed by atoms with Crippen LogP contribution in [0.15, 0.2) is 92.0 Å². The molecule has 0 radical (unpaired) electrons. The van der Waals surface area contributed by atoms with Crippen molar-refractivity contribution in [2.75, 3.05) is 0 Å². The van der Waals surface area contributed by atoms with Crippen LogP contribution in [0.1, 0.15) is 11.1 Å². The van der Waals surface area contributed by atoms with Crippen molar-refractivity contribution >= 4 is 5.57 Å². The lowest BCUT2D eigenvalue weighted by Crippen LogP contribution is -1.97. The SMILES string of the molecule is C=C(c1cccc(-n2cccn2)c1)c1cccc(-n2cccn2)c1. The minimum absolute atomic E-state index is 0.970. The van der Waals surface area contributed by atoms with Gasteiger partial charge in [0, 0.05) is 24.8 Å². The lowest BCUT2D eigenvalue weighted by atomic mass is 9.99. The van der Waals surface area contributed by atoms with E-state index >= 15 is 0 Å².